The fourth-order valence-corrected chi connectivity index (χ4v) is 1.80. The molecule has 4 heteroatoms. The Morgan fingerprint density at radius 1 is 1.53 bits per heavy atom. The molecule has 0 amide bonds. The van der Waals surface area contributed by atoms with Gasteiger partial charge in [-0.3, -0.25) is 0 Å². The molecule has 1 rings (SSSR count). The van der Waals surface area contributed by atoms with Gasteiger partial charge in [0.1, 0.15) is 5.82 Å². The van der Waals surface area contributed by atoms with Crippen molar-refractivity contribution in [2.24, 2.45) is 0 Å². The first-order chi connectivity index (χ1) is 8.10. The van der Waals surface area contributed by atoms with Crippen LogP contribution in [0, 0.1) is 0 Å². The van der Waals surface area contributed by atoms with E-state index < -0.39 is 0 Å². The van der Waals surface area contributed by atoms with E-state index in [9.17, 15) is 0 Å². The second kappa shape index (κ2) is 6.62. The van der Waals surface area contributed by atoms with Gasteiger partial charge in [0.25, 0.3) is 0 Å². The van der Waals surface area contributed by atoms with E-state index in [1.54, 1.807) is 0 Å². The molecule has 1 aromatic rings. The predicted molar refractivity (Wildman–Crippen MR) is 74.7 cm³/mol. The van der Waals surface area contributed by atoms with Crippen molar-refractivity contribution in [2.45, 2.75) is 26.4 Å². The van der Waals surface area contributed by atoms with Gasteiger partial charge in [0.15, 0.2) is 0 Å². The van der Waals surface area contributed by atoms with E-state index >= 15 is 0 Å². The molecule has 0 saturated carbocycles. The van der Waals surface area contributed by atoms with Gasteiger partial charge in [0.2, 0.25) is 0 Å². The SMILES string of the molecule is C=CCN(c1ccc(Cl)c(CNC)n1)C(C)C. The number of nitrogens with zero attached hydrogens (tertiary/aromatic N) is 2. The van der Waals surface area contributed by atoms with E-state index in [1.807, 2.05) is 25.3 Å². The zero-order valence-electron chi connectivity index (χ0n) is 10.7. The maximum Gasteiger partial charge on any atom is 0.129 e. The number of hydrogen-bond donors (Lipinski definition) is 1. The summed E-state index contributed by atoms with van der Waals surface area (Å²) in [5.74, 6) is 0.939. The Hall–Kier alpha value is -1.06. The highest BCUT2D eigenvalue weighted by molar-refractivity contribution is 6.31. The van der Waals surface area contributed by atoms with Crippen LogP contribution < -0.4 is 10.2 Å². The normalized spacial score (nSPS) is 10.6. The van der Waals surface area contributed by atoms with Gasteiger partial charge in [0.05, 0.1) is 10.7 Å². The van der Waals surface area contributed by atoms with E-state index in [0.29, 0.717) is 17.6 Å². The quantitative estimate of drug-likeness (QED) is 0.791. The first kappa shape index (κ1) is 14.0. The summed E-state index contributed by atoms with van der Waals surface area (Å²) in [7, 11) is 1.88. The number of hydrogen-bond acceptors (Lipinski definition) is 3. The van der Waals surface area contributed by atoms with Crippen LogP contribution in [-0.2, 0) is 6.54 Å². The average molecular weight is 254 g/mol. The summed E-state index contributed by atoms with van der Waals surface area (Å²) >= 11 is 6.10. The lowest BCUT2D eigenvalue weighted by Crippen LogP contribution is -2.31. The predicted octanol–water partition coefficient (Wildman–Crippen LogP) is 2.86. The number of halogens is 1. The average Bonchev–Trinajstić information content (AvgIpc) is 2.29. The summed E-state index contributed by atoms with van der Waals surface area (Å²) in [5.41, 5.74) is 0.876. The molecule has 0 radical (unpaired) electrons. The lowest BCUT2D eigenvalue weighted by atomic mass is 10.2. The molecule has 0 spiro atoms. The summed E-state index contributed by atoms with van der Waals surface area (Å²) in [4.78, 5) is 6.77. The third-order valence-corrected chi connectivity index (χ3v) is 2.84. The molecule has 0 bridgehead atoms. The van der Waals surface area contributed by atoms with Gasteiger partial charge < -0.3 is 10.2 Å². The molecular formula is C13H20ClN3. The van der Waals surface area contributed by atoms with Crippen LogP contribution in [0.2, 0.25) is 5.02 Å². The number of rotatable bonds is 6. The third-order valence-electron chi connectivity index (χ3n) is 2.49. The minimum absolute atomic E-state index is 0.379. The highest BCUT2D eigenvalue weighted by Gasteiger charge is 2.12. The second-order valence-electron chi connectivity index (χ2n) is 4.16. The van der Waals surface area contributed by atoms with Crippen molar-refractivity contribution in [3.05, 3.63) is 35.5 Å². The first-order valence-electron chi connectivity index (χ1n) is 5.77. The minimum atomic E-state index is 0.379. The molecule has 3 nitrogen and oxygen atoms in total. The summed E-state index contributed by atoms with van der Waals surface area (Å²) in [6.07, 6.45) is 1.88. The van der Waals surface area contributed by atoms with Gasteiger partial charge >= 0.3 is 0 Å². The molecule has 17 heavy (non-hydrogen) atoms. The molecule has 0 aliphatic heterocycles. The molecule has 1 N–H and O–H groups in total. The monoisotopic (exact) mass is 253 g/mol. The summed E-state index contributed by atoms with van der Waals surface area (Å²) in [6, 6.07) is 4.23. The fraction of sp³-hybridized carbons (Fsp3) is 0.462. The van der Waals surface area contributed by atoms with Crippen molar-refractivity contribution in [1.29, 1.82) is 0 Å². The van der Waals surface area contributed by atoms with Crippen LogP contribution in [0.25, 0.3) is 0 Å². The van der Waals surface area contributed by atoms with Gasteiger partial charge in [-0.2, -0.15) is 0 Å². The van der Waals surface area contributed by atoms with Gasteiger partial charge in [0, 0.05) is 19.1 Å². The second-order valence-corrected chi connectivity index (χ2v) is 4.57. The molecule has 0 saturated heterocycles. The van der Waals surface area contributed by atoms with Gasteiger partial charge in [-0.25, -0.2) is 4.98 Å². The molecule has 0 fully saturated rings. The van der Waals surface area contributed by atoms with Gasteiger partial charge in [-0.1, -0.05) is 17.7 Å². The maximum atomic E-state index is 6.10. The van der Waals surface area contributed by atoms with Gasteiger partial charge in [-0.15, -0.1) is 6.58 Å². The Morgan fingerprint density at radius 2 is 2.24 bits per heavy atom. The van der Waals surface area contributed by atoms with Crippen LogP contribution in [0.1, 0.15) is 19.5 Å². The Morgan fingerprint density at radius 3 is 2.76 bits per heavy atom. The maximum absolute atomic E-state index is 6.10. The van der Waals surface area contributed by atoms with Crippen LogP contribution in [0.3, 0.4) is 0 Å². The standard InChI is InChI=1S/C13H20ClN3/c1-5-8-17(10(2)3)13-7-6-11(14)12(16-13)9-15-4/h5-7,10,15H,1,8-9H2,2-4H3. The van der Waals surface area contributed by atoms with Crippen molar-refractivity contribution in [2.75, 3.05) is 18.5 Å². The van der Waals surface area contributed by atoms with E-state index in [2.05, 4.69) is 35.6 Å². The van der Waals surface area contributed by atoms with Crippen molar-refractivity contribution >= 4 is 17.4 Å². The molecule has 0 unspecified atom stereocenters. The Labute approximate surface area is 108 Å². The van der Waals surface area contributed by atoms with E-state index in [4.69, 9.17) is 11.6 Å². The van der Waals surface area contributed by atoms with Crippen molar-refractivity contribution in [3.63, 3.8) is 0 Å². The van der Waals surface area contributed by atoms with Crippen molar-refractivity contribution in [1.82, 2.24) is 10.3 Å². The molecule has 1 aromatic heterocycles. The largest absolute Gasteiger partial charge is 0.350 e. The number of aromatic nitrogens is 1. The summed E-state index contributed by atoms with van der Waals surface area (Å²) in [6.45, 7) is 9.51. The fourth-order valence-electron chi connectivity index (χ4n) is 1.63. The molecule has 0 aromatic carbocycles. The molecule has 0 aliphatic rings. The zero-order chi connectivity index (χ0) is 12.8. The van der Waals surface area contributed by atoms with E-state index in [1.165, 1.54) is 0 Å². The smallest absolute Gasteiger partial charge is 0.129 e. The van der Waals surface area contributed by atoms with Crippen molar-refractivity contribution in [3.8, 4) is 0 Å². The minimum Gasteiger partial charge on any atom is -0.350 e. The molecular weight excluding hydrogens is 234 g/mol. The van der Waals surface area contributed by atoms with Crippen LogP contribution in [-0.4, -0.2) is 24.6 Å². The van der Waals surface area contributed by atoms with E-state index in [0.717, 1.165) is 18.1 Å². The Kier molecular flexibility index (Phi) is 5.45. The number of anilines is 1. The Bertz CT molecular complexity index is 377. The number of nitrogens with one attached hydrogen (secondary N) is 1. The highest BCUT2D eigenvalue weighted by atomic mass is 35.5. The first-order valence-corrected chi connectivity index (χ1v) is 6.15. The molecule has 1 heterocycles. The van der Waals surface area contributed by atoms with Crippen LogP contribution in [0.4, 0.5) is 5.82 Å². The zero-order valence-corrected chi connectivity index (χ0v) is 11.5. The lowest BCUT2D eigenvalue weighted by molar-refractivity contribution is 0.704. The highest BCUT2D eigenvalue weighted by Crippen LogP contribution is 2.20. The Balaban J connectivity index is 3.02. The van der Waals surface area contributed by atoms with Crippen molar-refractivity contribution < 1.29 is 0 Å². The lowest BCUT2D eigenvalue weighted by Gasteiger charge is -2.27. The van der Waals surface area contributed by atoms with Gasteiger partial charge in [-0.05, 0) is 33.0 Å². The number of pyridine rings is 1. The van der Waals surface area contributed by atoms with Crippen LogP contribution in [0.15, 0.2) is 24.8 Å². The summed E-state index contributed by atoms with van der Waals surface area (Å²) in [5, 5.41) is 3.77. The topological polar surface area (TPSA) is 28.2 Å². The third kappa shape index (κ3) is 3.72. The van der Waals surface area contributed by atoms with Crippen LogP contribution >= 0.6 is 11.6 Å². The van der Waals surface area contributed by atoms with Crippen LogP contribution in [0.5, 0.6) is 0 Å². The molecule has 0 atom stereocenters. The molecule has 94 valence electrons. The summed E-state index contributed by atoms with van der Waals surface area (Å²) < 4.78 is 0. The molecule has 0 aliphatic carbocycles. The van der Waals surface area contributed by atoms with E-state index in [-0.39, 0.29) is 0 Å².